The van der Waals surface area contributed by atoms with Crippen molar-refractivity contribution in [2.75, 3.05) is 18.5 Å². The van der Waals surface area contributed by atoms with Gasteiger partial charge >= 0.3 is 0 Å². The third kappa shape index (κ3) is 2.42. The van der Waals surface area contributed by atoms with Gasteiger partial charge in [-0.15, -0.1) is 0 Å². The lowest BCUT2D eigenvalue weighted by molar-refractivity contribution is 0.0787. The lowest BCUT2D eigenvalue weighted by atomic mass is 10.1. The third-order valence-electron chi connectivity index (χ3n) is 3.33. The van der Waals surface area contributed by atoms with Crippen LogP contribution in [0.2, 0.25) is 0 Å². The molecule has 1 aliphatic rings. The Labute approximate surface area is 102 Å². The van der Waals surface area contributed by atoms with Gasteiger partial charge in [-0.05, 0) is 43.0 Å². The molecule has 0 aliphatic carbocycles. The fourth-order valence-electron chi connectivity index (χ4n) is 2.28. The Morgan fingerprint density at radius 1 is 1.53 bits per heavy atom. The van der Waals surface area contributed by atoms with Gasteiger partial charge in [0.1, 0.15) is 0 Å². The molecule has 1 aliphatic heterocycles. The van der Waals surface area contributed by atoms with Crippen molar-refractivity contribution in [3.8, 4) is 0 Å². The molecule has 0 radical (unpaired) electrons. The number of likely N-dealkylation sites (tertiary alicyclic amines) is 1. The van der Waals surface area contributed by atoms with Crippen LogP contribution in [0.4, 0.5) is 5.69 Å². The van der Waals surface area contributed by atoms with Gasteiger partial charge in [0.25, 0.3) is 5.91 Å². The van der Waals surface area contributed by atoms with Crippen LogP contribution < -0.4 is 11.3 Å². The molecule has 1 unspecified atom stereocenters. The summed E-state index contributed by atoms with van der Waals surface area (Å²) in [7, 11) is 0. The predicted molar refractivity (Wildman–Crippen MR) is 68.7 cm³/mol. The van der Waals surface area contributed by atoms with Crippen molar-refractivity contribution < 1.29 is 4.79 Å². The molecule has 0 spiro atoms. The highest BCUT2D eigenvalue weighted by Crippen LogP contribution is 2.21. The maximum Gasteiger partial charge on any atom is 0.254 e. The summed E-state index contributed by atoms with van der Waals surface area (Å²) >= 11 is 0. The van der Waals surface area contributed by atoms with E-state index < -0.39 is 0 Å². The van der Waals surface area contributed by atoms with Crippen molar-refractivity contribution >= 4 is 11.6 Å². The summed E-state index contributed by atoms with van der Waals surface area (Å²) in [6.45, 7) is 5.86. The monoisotopic (exact) mass is 233 g/mol. The summed E-state index contributed by atoms with van der Waals surface area (Å²) in [6.07, 6.45) is 1.10. The van der Waals surface area contributed by atoms with Crippen molar-refractivity contribution in [2.45, 2.75) is 20.3 Å². The minimum Gasteiger partial charge on any atom is -0.338 e. The largest absolute Gasteiger partial charge is 0.338 e. The second kappa shape index (κ2) is 4.75. The van der Waals surface area contributed by atoms with Crippen LogP contribution in [0.1, 0.15) is 29.3 Å². The highest BCUT2D eigenvalue weighted by atomic mass is 16.2. The first-order valence-electron chi connectivity index (χ1n) is 5.98. The van der Waals surface area contributed by atoms with Crippen LogP contribution in [-0.2, 0) is 0 Å². The normalized spacial score (nSPS) is 19.5. The molecule has 17 heavy (non-hydrogen) atoms. The Bertz CT molecular complexity index is 431. The van der Waals surface area contributed by atoms with Gasteiger partial charge in [0.2, 0.25) is 0 Å². The average molecular weight is 233 g/mol. The molecule has 4 nitrogen and oxygen atoms in total. The van der Waals surface area contributed by atoms with Crippen molar-refractivity contribution in [3.63, 3.8) is 0 Å². The Morgan fingerprint density at radius 2 is 2.29 bits per heavy atom. The number of aryl methyl sites for hydroxylation is 1. The Kier molecular flexibility index (Phi) is 3.33. The molecule has 2 rings (SSSR count). The molecule has 1 amide bonds. The maximum atomic E-state index is 12.3. The van der Waals surface area contributed by atoms with Gasteiger partial charge in [-0.25, -0.2) is 0 Å². The molecule has 1 atom stereocenters. The van der Waals surface area contributed by atoms with Gasteiger partial charge in [-0.3, -0.25) is 10.6 Å². The molecule has 4 heteroatoms. The van der Waals surface area contributed by atoms with E-state index in [1.165, 1.54) is 0 Å². The lowest BCUT2D eigenvalue weighted by Crippen LogP contribution is -2.29. The van der Waals surface area contributed by atoms with Crippen LogP contribution in [0.3, 0.4) is 0 Å². The minimum atomic E-state index is 0.135. The van der Waals surface area contributed by atoms with Gasteiger partial charge in [0, 0.05) is 24.3 Å². The fraction of sp³-hybridized carbons (Fsp3) is 0.462. The quantitative estimate of drug-likeness (QED) is 0.604. The Morgan fingerprint density at radius 3 is 2.82 bits per heavy atom. The summed E-state index contributed by atoms with van der Waals surface area (Å²) in [5, 5.41) is 0. The molecule has 1 aromatic carbocycles. The van der Waals surface area contributed by atoms with Gasteiger partial charge in [0.15, 0.2) is 0 Å². The van der Waals surface area contributed by atoms with Crippen molar-refractivity contribution in [1.29, 1.82) is 0 Å². The number of carbonyl (C=O) groups is 1. The summed E-state index contributed by atoms with van der Waals surface area (Å²) in [6, 6.07) is 5.57. The van der Waals surface area contributed by atoms with Crippen LogP contribution >= 0.6 is 0 Å². The van der Waals surface area contributed by atoms with Crippen LogP contribution in [-0.4, -0.2) is 23.9 Å². The Balaban J connectivity index is 2.19. The zero-order valence-electron chi connectivity index (χ0n) is 10.4. The number of nitrogen functional groups attached to an aromatic ring is 1. The number of rotatable bonds is 2. The summed E-state index contributed by atoms with van der Waals surface area (Å²) in [5.74, 6) is 6.09. The molecule has 0 saturated carbocycles. The zero-order chi connectivity index (χ0) is 12.4. The highest BCUT2D eigenvalue weighted by molar-refractivity contribution is 5.96. The smallest absolute Gasteiger partial charge is 0.254 e. The van der Waals surface area contributed by atoms with Gasteiger partial charge in [0.05, 0.1) is 0 Å². The SMILES string of the molecule is Cc1cc(NN)ccc1C(=O)N1CCC(C)C1. The third-order valence-corrected chi connectivity index (χ3v) is 3.33. The van der Waals surface area contributed by atoms with E-state index in [0.717, 1.165) is 36.3 Å². The molecule has 0 aromatic heterocycles. The van der Waals surface area contributed by atoms with Crippen molar-refractivity contribution in [3.05, 3.63) is 29.3 Å². The molecule has 3 N–H and O–H groups in total. The second-order valence-electron chi connectivity index (χ2n) is 4.82. The van der Waals surface area contributed by atoms with Crippen LogP contribution in [0, 0.1) is 12.8 Å². The number of anilines is 1. The molecule has 1 heterocycles. The van der Waals surface area contributed by atoms with E-state index >= 15 is 0 Å². The van der Waals surface area contributed by atoms with Gasteiger partial charge in [-0.2, -0.15) is 0 Å². The molecule has 1 aromatic rings. The molecule has 1 fully saturated rings. The first-order valence-corrected chi connectivity index (χ1v) is 5.98. The van der Waals surface area contributed by atoms with E-state index in [4.69, 9.17) is 5.84 Å². The second-order valence-corrected chi connectivity index (χ2v) is 4.82. The van der Waals surface area contributed by atoms with Gasteiger partial charge in [-0.1, -0.05) is 6.92 Å². The standard InChI is InChI=1S/C13H19N3O/c1-9-5-6-16(8-9)13(17)12-4-3-11(15-14)7-10(12)2/h3-4,7,9,15H,5-6,8,14H2,1-2H3. The summed E-state index contributed by atoms with van der Waals surface area (Å²) in [5.41, 5.74) is 5.15. The topological polar surface area (TPSA) is 58.4 Å². The highest BCUT2D eigenvalue weighted by Gasteiger charge is 2.24. The number of benzene rings is 1. The first kappa shape index (κ1) is 11.9. The fourth-order valence-corrected chi connectivity index (χ4v) is 2.28. The van der Waals surface area contributed by atoms with Crippen molar-refractivity contribution in [1.82, 2.24) is 4.90 Å². The first-order chi connectivity index (χ1) is 8.11. The Hall–Kier alpha value is -1.55. The van der Waals surface area contributed by atoms with E-state index in [2.05, 4.69) is 12.3 Å². The summed E-state index contributed by atoms with van der Waals surface area (Å²) < 4.78 is 0. The van der Waals surface area contributed by atoms with Crippen LogP contribution in [0.25, 0.3) is 0 Å². The van der Waals surface area contributed by atoms with Crippen LogP contribution in [0.15, 0.2) is 18.2 Å². The van der Waals surface area contributed by atoms with Crippen LogP contribution in [0.5, 0.6) is 0 Å². The number of nitrogens with one attached hydrogen (secondary N) is 1. The van der Waals surface area contributed by atoms with E-state index in [1.807, 2.05) is 30.0 Å². The van der Waals surface area contributed by atoms with E-state index in [1.54, 1.807) is 0 Å². The molecule has 1 saturated heterocycles. The predicted octanol–water partition coefficient (Wildman–Crippen LogP) is 1.76. The number of hydrazine groups is 1. The van der Waals surface area contributed by atoms with E-state index in [0.29, 0.717) is 5.92 Å². The summed E-state index contributed by atoms with van der Waals surface area (Å²) in [4.78, 5) is 14.2. The number of nitrogens with zero attached hydrogens (tertiary/aromatic N) is 1. The van der Waals surface area contributed by atoms with E-state index in [-0.39, 0.29) is 5.91 Å². The van der Waals surface area contributed by atoms with E-state index in [9.17, 15) is 4.79 Å². The number of hydrogen-bond acceptors (Lipinski definition) is 3. The number of hydrogen-bond donors (Lipinski definition) is 2. The lowest BCUT2D eigenvalue weighted by Gasteiger charge is -2.17. The minimum absolute atomic E-state index is 0.135. The zero-order valence-corrected chi connectivity index (χ0v) is 10.4. The molecular formula is C13H19N3O. The number of carbonyl (C=O) groups excluding carboxylic acids is 1. The number of nitrogens with two attached hydrogens (primary N) is 1. The molecule has 0 bridgehead atoms. The molecule has 92 valence electrons. The average Bonchev–Trinajstić information content (AvgIpc) is 2.75. The van der Waals surface area contributed by atoms with Gasteiger partial charge < -0.3 is 10.3 Å². The maximum absolute atomic E-state index is 12.3. The molecular weight excluding hydrogens is 214 g/mol. The van der Waals surface area contributed by atoms with Crippen molar-refractivity contribution in [2.24, 2.45) is 11.8 Å². The number of amides is 1.